The summed E-state index contributed by atoms with van der Waals surface area (Å²) in [6, 6.07) is 3.57. The number of ether oxygens (including phenoxy) is 1. The number of carbonyl (C=O) groups is 1. The number of carbonyl (C=O) groups excluding carboxylic acids is 1. The van der Waals surface area contributed by atoms with Crippen molar-refractivity contribution in [1.82, 2.24) is 20.2 Å². The van der Waals surface area contributed by atoms with E-state index in [4.69, 9.17) is 4.74 Å². The average molecular weight is 274 g/mol. The van der Waals surface area contributed by atoms with Crippen molar-refractivity contribution in [2.24, 2.45) is 0 Å². The van der Waals surface area contributed by atoms with Gasteiger partial charge in [-0.15, -0.1) is 0 Å². The molecule has 3 rings (SSSR count). The molecule has 2 aromatic heterocycles. The van der Waals surface area contributed by atoms with E-state index in [1.165, 1.54) is 6.33 Å². The van der Waals surface area contributed by atoms with Gasteiger partial charge in [-0.05, 0) is 12.1 Å². The molecule has 1 amide bonds. The van der Waals surface area contributed by atoms with Gasteiger partial charge in [0.15, 0.2) is 0 Å². The lowest BCUT2D eigenvalue weighted by Gasteiger charge is -2.27. The molecule has 8 heteroatoms. The second-order valence-electron chi connectivity index (χ2n) is 4.29. The predicted molar refractivity (Wildman–Crippen MR) is 71.6 cm³/mol. The molecule has 104 valence electrons. The number of anilines is 2. The maximum absolute atomic E-state index is 11.9. The Balaban J connectivity index is 1.67. The Morgan fingerprint density at radius 1 is 1.30 bits per heavy atom. The molecule has 8 nitrogen and oxygen atoms in total. The van der Waals surface area contributed by atoms with Crippen molar-refractivity contribution in [3.63, 3.8) is 0 Å². The van der Waals surface area contributed by atoms with Crippen LogP contribution in [0.5, 0.6) is 0 Å². The topological polar surface area (TPSA) is 96.0 Å². The standard InChI is InChI=1S/C12H14N6O2/c19-11(16-12-14-8-15-17-12)9-1-2-10(13-7-9)18-3-5-20-6-4-18/h1-2,7-8H,3-6H2,(H2,14,15,16,17,19). The minimum Gasteiger partial charge on any atom is -0.378 e. The summed E-state index contributed by atoms with van der Waals surface area (Å²) in [4.78, 5) is 22.2. The lowest BCUT2D eigenvalue weighted by molar-refractivity contribution is 0.102. The number of rotatable bonds is 3. The fourth-order valence-corrected chi connectivity index (χ4v) is 1.95. The Labute approximate surface area is 115 Å². The molecule has 0 bridgehead atoms. The molecule has 1 aliphatic heterocycles. The van der Waals surface area contributed by atoms with Gasteiger partial charge >= 0.3 is 0 Å². The van der Waals surface area contributed by atoms with Gasteiger partial charge in [0.05, 0.1) is 18.8 Å². The quantitative estimate of drug-likeness (QED) is 0.835. The normalized spacial score (nSPS) is 15.1. The van der Waals surface area contributed by atoms with Gasteiger partial charge < -0.3 is 9.64 Å². The van der Waals surface area contributed by atoms with Crippen molar-refractivity contribution in [3.8, 4) is 0 Å². The number of aromatic nitrogens is 4. The van der Waals surface area contributed by atoms with Crippen molar-refractivity contribution in [1.29, 1.82) is 0 Å². The summed E-state index contributed by atoms with van der Waals surface area (Å²) >= 11 is 0. The zero-order valence-corrected chi connectivity index (χ0v) is 10.7. The van der Waals surface area contributed by atoms with Crippen molar-refractivity contribution in [2.45, 2.75) is 0 Å². The highest BCUT2D eigenvalue weighted by Gasteiger charge is 2.13. The van der Waals surface area contributed by atoms with Gasteiger partial charge in [0.1, 0.15) is 12.1 Å². The number of hydrogen-bond donors (Lipinski definition) is 2. The summed E-state index contributed by atoms with van der Waals surface area (Å²) in [5.74, 6) is 0.888. The zero-order chi connectivity index (χ0) is 13.8. The Kier molecular flexibility index (Phi) is 3.55. The maximum atomic E-state index is 11.9. The van der Waals surface area contributed by atoms with Crippen LogP contribution >= 0.6 is 0 Å². The van der Waals surface area contributed by atoms with Gasteiger partial charge in [0.25, 0.3) is 5.91 Å². The third kappa shape index (κ3) is 2.75. The van der Waals surface area contributed by atoms with E-state index in [2.05, 4.69) is 30.4 Å². The second kappa shape index (κ2) is 5.66. The molecular formula is C12H14N6O2. The van der Waals surface area contributed by atoms with Crippen LogP contribution in [0.2, 0.25) is 0 Å². The van der Waals surface area contributed by atoms with E-state index in [1.807, 2.05) is 6.07 Å². The van der Waals surface area contributed by atoms with Crippen LogP contribution in [0.1, 0.15) is 10.4 Å². The SMILES string of the molecule is O=C(Nc1ncn[nH]1)c1ccc(N2CCOCC2)nc1. The van der Waals surface area contributed by atoms with Crippen molar-refractivity contribution < 1.29 is 9.53 Å². The van der Waals surface area contributed by atoms with E-state index >= 15 is 0 Å². The van der Waals surface area contributed by atoms with E-state index in [9.17, 15) is 4.79 Å². The number of aromatic amines is 1. The van der Waals surface area contributed by atoms with E-state index in [-0.39, 0.29) is 5.91 Å². The minimum atomic E-state index is -0.275. The highest BCUT2D eigenvalue weighted by atomic mass is 16.5. The van der Waals surface area contributed by atoms with Crippen LogP contribution in [0.15, 0.2) is 24.7 Å². The van der Waals surface area contributed by atoms with Gasteiger partial charge in [-0.2, -0.15) is 10.1 Å². The van der Waals surface area contributed by atoms with Gasteiger partial charge in [-0.3, -0.25) is 10.1 Å². The van der Waals surface area contributed by atoms with Crippen LogP contribution in [0, 0.1) is 0 Å². The molecular weight excluding hydrogens is 260 g/mol. The van der Waals surface area contributed by atoms with Crippen LogP contribution in [0.25, 0.3) is 0 Å². The molecule has 0 aromatic carbocycles. The monoisotopic (exact) mass is 274 g/mol. The van der Waals surface area contributed by atoms with Crippen LogP contribution in [0.4, 0.5) is 11.8 Å². The summed E-state index contributed by atoms with van der Waals surface area (Å²) in [7, 11) is 0. The number of morpholine rings is 1. The maximum Gasteiger partial charge on any atom is 0.259 e. The van der Waals surface area contributed by atoms with Crippen LogP contribution in [-0.4, -0.2) is 52.4 Å². The Bertz CT molecular complexity index is 562. The van der Waals surface area contributed by atoms with Crippen molar-refractivity contribution in [3.05, 3.63) is 30.2 Å². The summed E-state index contributed by atoms with van der Waals surface area (Å²) < 4.78 is 5.29. The van der Waals surface area contributed by atoms with Gasteiger partial charge in [0, 0.05) is 19.3 Å². The van der Waals surface area contributed by atoms with E-state index in [0.29, 0.717) is 24.7 Å². The summed E-state index contributed by atoms with van der Waals surface area (Å²) in [6.07, 6.45) is 2.88. The molecule has 1 saturated heterocycles. The zero-order valence-electron chi connectivity index (χ0n) is 10.7. The van der Waals surface area contributed by atoms with E-state index in [0.717, 1.165) is 18.9 Å². The van der Waals surface area contributed by atoms with E-state index < -0.39 is 0 Å². The molecule has 1 fully saturated rings. The molecule has 0 unspecified atom stereocenters. The third-order valence-corrected chi connectivity index (χ3v) is 2.99. The Morgan fingerprint density at radius 3 is 2.80 bits per heavy atom. The highest BCUT2D eigenvalue weighted by Crippen LogP contribution is 2.13. The van der Waals surface area contributed by atoms with Crippen LogP contribution in [-0.2, 0) is 4.74 Å². The number of nitrogens with zero attached hydrogens (tertiary/aromatic N) is 4. The van der Waals surface area contributed by atoms with Gasteiger partial charge in [-0.1, -0.05) is 0 Å². The highest BCUT2D eigenvalue weighted by molar-refractivity contribution is 6.03. The first-order valence-corrected chi connectivity index (χ1v) is 6.28. The van der Waals surface area contributed by atoms with Gasteiger partial charge in [-0.25, -0.2) is 10.1 Å². The number of pyridine rings is 1. The first-order valence-electron chi connectivity index (χ1n) is 6.28. The molecule has 2 N–H and O–H groups in total. The first kappa shape index (κ1) is 12.5. The molecule has 0 spiro atoms. The molecule has 0 atom stereocenters. The molecule has 20 heavy (non-hydrogen) atoms. The first-order chi connectivity index (χ1) is 9.83. The number of hydrogen-bond acceptors (Lipinski definition) is 6. The van der Waals surface area contributed by atoms with Crippen molar-refractivity contribution in [2.75, 3.05) is 36.5 Å². The smallest absolute Gasteiger partial charge is 0.259 e. The predicted octanol–water partition coefficient (Wildman–Crippen LogP) is 0.289. The fraction of sp³-hybridized carbons (Fsp3) is 0.333. The lowest BCUT2D eigenvalue weighted by atomic mass is 10.2. The van der Waals surface area contributed by atoms with Crippen molar-refractivity contribution >= 4 is 17.7 Å². The molecule has 0 radical (unpaired) electrons. The summed E-state index contributed by atoms with van der Waals surface area (Å²) in [5, 5.41) is 8.82. The number of H-pyrrole nitrogens is 1. The Morgan fingerprint density at radius 2 is 2.15 bits per heavy atom. The lowest BCUT2D eigenvalue weighted by Crippen LogP contribution is -2.36. The molecule has 2 aromatic rings. The third-order valence-electron chi connectivity index (χ3n) is 2.99. The largest absolute Gasteiger partial charge is 0.378 e. The number of nitrogens with one attached hydrogen (secondary N) is 2. The van der Waals surface area contributed by atoms with Crippen LogP contribution in [0.3, 0.4) is 0 Å². The molecule has 0 aliphatic carbocycles. The number of amides is 1. The average Bonchev–Trinajstić information content (AvgIpc) is 3.01. The fourth-order valence-electron chi connectivity index (χ4n) is 1.95. The van der Waals surface area contributed by atoms with Gasteiger partial charge in [0.2, 0.25) is 5.95 Å². The summed E-state index contributed by atoms with van der Waals surface area (Å²) in [5.41, 5.74) is 0.471. The van der Waals surface area contributed by atoms with E-state index in [1.54, 1.807) is 12.3 Å². The molecule has 1 aliphatic rings. The second-order valence-corrected chi connectivity index (χ2v) is 4.29. The Hall–Kier alpha value is -2.48. The van der Waals surface area contributed by atoms with Crippen LogP contribution < -0.4 is 10.2 Å². The summed E-state index contributed by atoms with van der Waals surface area (Å²) in [6.45, 7) is 3.04. The minimum absolute atomic E-state index is 0.275. The molecule has 0 saturated carbocycles. The molecule has 3 heterocycles.